The van der Waals surface area contributed by atoms with Gasteiger partial charge < -0.3 is 19.5 Å². The predicted octanol–water partition coefficient (Wildman–Crippen LogP) is 4.17. The predicted molar refractivity (Wildman–Crippen MR) is 106 cm³/mol. The zero-order valence-corrected chi connectivity index (χ0v) is 17.2. The number of hydrogen-bond donors (Lipinski definition) is 1. The molecule has 0 amide bonds. The Kier molecular flexibility index (Phi) is 5.09. The maximum Gasteiger partial charge on any atom is 0.206 e. The Morgan fingerprint density at radius 2 is 1.96 bits per heavy atom. The van der Waals surface area contributed by atoms with E-state index >= 15 is 0 Å². The van der Waals surface area contributed by atoms with Gasteiger partial charge in [0.1, 0.15) is 23.5 Å². The Morgan fingerprint density at radius 1 is 1.22 bits per heavy atom. The highest BCUT2D eigenvalue weighted by atomic mass is 32.1. The minimum Gasteiger partial charge on any atom is -0.490 e. The van der Waals surface area contributed by atoms with Crippen LogP contribution in [0.3, 0.4) is 0 Å². The van der Waals surface area contributed by atoms with Crippen molar-refractivity contribution < 1.29 is 14.2 Å². The van der Waals surface area contributed by atoms with Crippen LogP contribution in [0.5, 0.6) is 5.75 Å². The fourth-order valence-corrected chi connectivity index (χ4v) is 4.03. The fraction of sp³-hybridized carbons (Fsp3) is 0.600. The molecule has 1 atom stereocenters. The molecule has 1 saturated carbocycles. The summed E-state index contributed by atoms with van der Waals surface area (Å²) in [5.74, 6) is 1.20. The van der Waals surface area contributed by atoms with Crippen LogP contribution in [0.25, 0.3) is 10.6 Å². The average molecular weight is 390 g/mol. The highest BCUT2D eigenvalue weighted by molar-refractivity contribution is 7.18. The minimum atomic E-state index is -0.523. The highest BCUT2D eigenvalue weighted by Crippen LogP contribution is 2.34. The Labute approximate surface area is 164 Å². The van der Waals surface area contributed by atoms with E-state index in [4.69, 9.17) is 14.2 Å². The van der Waals surface area contributed by atoms with E-state index in [9.17, 15) is 0 Å². The molecule has 6 nitrogen and oxygen atoms in total. The van der Waals surface area contributed by atoms with Gasteiger partial charge in [-0.2, -0.15) is 0 Å². The van der Waals surface area contributed by atoms with Crippen LogP contribution in [0.15, 0.2) is 12.1 Å². The Balaban J connectivity index is 1.42. The SMILES string of the molecule is Cc1cc(-c2nnc(NCC3CC3)s2)cc(C)c1OC[C@@H]1COC(C)(C)O1. The first-order valence-corrected chi connectivity index (χ1v) is 10.3. The Bertz CT molecular complexity index is 794. The lowest BCUT2D eigenvalue weighted by Gasteiger charge is -2.18. The van der Waals surface area contributed by atoms with Crippen molar-refractivity contribution in [3.63, 3.8) is 0 Å². The summed E-state index contributed by atoms with van der Waals surface area (Å²) in [6.07, 6.45) is 2.61. The number of nitrogens with zero attached hydrogens (tertiary/aromatic N) is 2. The third-order valence-electron chi connectivity index (χ3n) is 4.85. The minimum absolute atomic E-state index is 0.0401. The molecule has 1 aliphatic heterocycles. The molecule has 0 bridgehead atoms. The largest absolute Gasteiger partial charge is 0.490 e. The number of aromatic nitrogens is 2. The number of hydrogen-bond acceptors (Lipinski definition) is 7. The molecule has 0 spiro atoms. The molecule has 1 aliphatic carbocycles. The second-order valence-electron chi connectivity index (χ2n) is 7.94. The van der Waals surface area contributed by atoms with Crippen LogP contribution in [-0.2, 0) is 9.47 Å². The monoisotopic (exact) mass is 389 g/mol. The van der Waals surface area contributed by atoms with Gasteiger partial charge in [0.15, 0.2) is 5.79 Å². The van der Waals surface area contributed by atoms with Crippen molar-refractivity contribution in [1.82, 2.24) is 10.2 Å². The first-order valence-electron chi connectivity index (χ1n) is 9.53. The maximum atomic E-state index is 6.06. The van der Waals surface area contributed by atoms with Crippen LogP contribution in [0, 0.1) is 19.8 Å². The third kappa shape index (κ3) is 4.59. The van der Waals surface area contributed by atoms with Crippen molar-refractivity contribution >= 4 is 16.5 Å². The Morgan fingerprint density at radius 3 is 2.59 bits per heavy atom. The van der Waals surface area contributed by atoms with E-state index in [0.29, 0.717) is 13.2 Å². The lowest BCUT2D eigenvalue weighted by atomic mass is 10.1. The van der Waals surface area contributed by atoms with Gasteiger partial charge in [0, 0.05) is 12.1 Å². The number of benzene rings is 1. The molecule has 0 unspecified atom stereocenters. The highest BCUT2D eigenvalue weighted by Gasteiger charge is 2.33. The van der Waals surface area contributed by atoms with Gasteiger partial charge in [0.2, 0.25) is 5.13 Å². The standard InChI is InChI=1S/C20H27N3O3S/c1-12-7-15(18-22-23-19(27-18)21-9-14-5-6-14)8-13(2)17(12)24-10-16-11-25-20(3,4)26-16/h7-8,14,16H,5-6,9-11H2,1-4H3,(H,21,23)/t16-/m1/s1. The van der Waals surface area contributed by atoms with Gasteiger partial charge in [-0.25, -0.2) is 0 Å². The van der Waals surface area contributed by atoms with Gasteiger partial charge in [0.25, 0.3) is 0 Å². The fourth-order valence-electron chi connectivity index (χ4n) is 3.29. The molecule has 2 fully saturated rings. The summed E-state index contributed by atoms with van der Waals surface area (Å²) in [5, 5.41) is 13.8. The lowest BCUT2D eigenvalue weighted by Crippen LogP contribution is -2.25. The lowest BCUT2D eigenvalue weighted by molar-refractivity contribution is -0.141. The van der Waals surface area contributed by atoms with Crippen LogP contribution in [0.2, 0.25) is 0 Å². The van der Waals surface area contributed by atoms with Crippen molar-refractivity contribution in [2.45, 2.75) is 52.4 Å². The normalized spacial score (nSPS) is 21.4. The number of anilines is 1. The molecule has 1 saturated heterocycles. The van der Waals surface area contributed by atoms with Crippen LogP contribution >= 0.6 is 11.3 Å². The maximum absolute atomic E-state index is 6.06. The van der Waals surface area contributed by atoms with E-state index in [2.05, 4.69) is 41.5 Å². The molecule has 1 aromatic heterocycles. The molecule has 1 aromatic carbocycles. The quantitative estimate of drug-likeness (QED) is 0.767. The van der Waals surface area contributed by atoms with Crippen molar-refractivity contribution in [3.8, 4) is 16.3 Å². The number of nitrogens with one attached hydrogen (secondary N) is 1. The second kappa shape index (κ2) is 7.37. The van der Waals surface area contributed by atoms with Gasteiger partial charge >= 0.3 is 0 Å². The van der Waals surface area contributed by atoms with E-state index in [-0.39, 0.29) is 6.10 Å². The van der Waals surface area contributed by atoms with Crippen LogP contribution in [-0.4, -0.2) is 41.8 Å². The summed E-state index contributed by atoms with van der Waals surface area (Å²) in [6, 6.07) is 4.23. The summed E-state index contributed by atoms with van der Waals surface area (Å²) in [6.45, 7) is 10.0. The zero-order valence-electron chi connectivity index (χ0n) is 16.4. The number of ether oxygens (including phenoxy) is 3. The van der Waals surface area contributed by atoms with Crippen molar-refractivity contribution in [1.29, 1.82) is 0 Å². The van der Waals surface area contributed by atoms with Gasteiger partial charge in [0.05, 0.1) is 6.61 Å². The van der Waals surface area contributed by atoms with Crippen LogP contribution in [0.4, 0.5) is 5.13 Å². The summed E-state index contributed by atoms with van der Waals surface area (Å²) in [7, 11) is 0. The molecule has 27 heavy (non-hydrogen) atoms. The van der Waals surface area contributed by atoms with E-state index < -0.39 is 5.79 Å². The van der Waals surface area contributed by atoms with Crippen molar-refractivity contribution in [2.24, 2.45) is 5.92 Å². The van der Waals surface area contributed by atoms with E-state index in [1.165, 1.54) is 12.8 Å². The summed E-state index contributed by atoms with van der Waals surface area (Å²) in [5.41, 5.74) is 3.26. The number of rotatable bonds is 7. The van der Waals surface area contributed by atoms with Crippen LogP contribution < -0.4 is 10.1 Å². The molecule has 0 radical (unpaired) electrons. The first-order chi connectivity index (χ1) is 12.9. The zero-order chi connectivity index (χ0) is 19.0. The summed E-state index contributed by atoms with van der Waals surface area (Å²) >= 11 is 1.60. The first kappa shape index (κ1) is 18.7. The molecular formula is C20H27N3O3S. The Hall–Kier alpha value is -1.70. The average Bonchev–Trinajstić information content (AvgIpc) is 3.20. The van der Waals surface area contributed by atoms with Gasteiger partial charge in [-0.3, -0.25) is 0 Å². The number of aryl methyl sites for hydroxylation is 2. The van der Waals surface area contributed by atoms with E-state index in [1.54, 1.807) is 11.3 Å². The van der Waals surface area contributed by atoms with E-state index in [0.717, 1.165) is 45.0 Å². The van der Waals surface area contributed by atoms with Gasteiger partial charge in [-0.15, -0.1) is 10.2 Å². The molecule has 2 aromatic rings. The third-order valence-corrected chi connectivity index (χ3v) is 5.78. The summed E-state index contributed by atoms with van der Waals surface area (Å²) < 4.78 is 17.5. The van der Waals surface area contributed by atoms with Gasteiger partial charge in [-0.1, -0.05) is 11.3 Å². The van der Waals surface area contributed by atoms with Crippen molar-refractivity contribution in [3.05, 3.63) is 23.3 Å². The van der Waals surface area contributed by atoms with Gasteiger partial charge in [-0.05, 0) is 69.7 Å². The smallest absolute Gasteiger partial charge is 0.206 e. The van der Waals surface area contributed by atoms with E-state index in [1.807, 2.05) is 13.8 Å². The van der Waals surface area contributed by atoms with Crippen molar-refractivity contribution in [2.75, 3.05) is 25.1 Å². The molecule has 4 rings (SSSR count). The molecule has 1 N–H and O–H groups in total. The topological polar surface area (TPSA) is 65.5 Å². The van der Waals surface area contributed by atoms with Crippen LogP contribution in [0.1, 0.15) is 37.8 Å². The molecule has 2 aliphatic rings. The summed E-state index contributed by atoms with van der Waals surface area (Å²) in [4.78, 5) is 0. The molecular weight excluding hydrogens is 362 g/mol. The molecule has 146 valence electrons. The molecule has 2 heterocycles. The molecule has 7 heteroatoms. The second-order valence-corrected chi connectivity index (χ2v) is 8.92.